The highest BCUT2D eigenvalue weighted by Gasteiger charge is 2.30. The van der Waals surface area contributed by atoms with Crippen molar-refractivity contribution in [2.24, 2.45) is 0 Å². The molecule has 27 heavy (non-hydrogen) atoms. The molecule has 0 saturated carbocycles. The third-order valence-corrected chi connectivity index (χ3v) is 6.76. The van der Waals surface area contributed by atoms with E-state index in [1.54, 1.807) is 6.20 Å². The van der Waals surface area contributed by atoms with E-state index in [9.17, 15) is 0 Å². The molecular weight excluding hydrogens is 384 g/mol. The fourth-order valence-electron chi connectivity index (χ4n) is 3.21. The van der Waals surface area contributed by atoms with Crippen LogP contribution in [0.15, 0.2) is 28.3 Å². The van der Waals surface area contributed by atoms with Gasteiger partial charge in [0.25, 0.3) is 0 Å². The van der Waals surface area contributed by atoms with Crippen LogP contribution in [0.25, 0.3) is 11.0 Å². The molecule has 3 aromatic rings. The molecule has 142 valence electrons. The van der Waals surface area contributed by atoms with Crippen molar-refractivity contribution in [1.82, 2.24) is 30.7 Å². The van der Waals surface area contributed by atoms with Gasteiger partial charge in [-0.3, -0.25) is 0 Å². The molecule has 0 atom stereocenters. The molecule has 0 bridgehead atoms. The average Bonchev–Trinajstić information content (AvgIpc) is 3.17. The number of hydrogen-bond acceptors (Lipinski definition) is 8. The van der Waals surface area contributed by atoms with Crippen molar-refractivity contribution < 1.29 is 0 Å². The van der Waals surface area contributed by atoms with Crippen molar-refractivity contribution >= 4 is 46.0 Å². The molecular formula is C17H21ClN8S. The SMILES string of the molecule is CNC1(C)CCN(c2ncc(Sc3ccnc(N)c3Cl)c3n[nH]nc23)CC1. The van der Waals surface area contributed by atoms with Gasteiger partial charge in [-0.1, -0.05) is 23.4 Å². The van der Waals surface area contributed by atoms with E-state index >= 15 is 0 Å². The molecule has 10 heteroatoms. The van der Waals surface area contributed by atoms with Crippen molar-refractivity contribution in [2.75, 3.05) is 30.8 Å². The van der Waals surface area contributed by atoms with Gasteiger partial charge in [0.2, 0.25) is 0 Å². The minimum absolute atomic E-state index is 0.174. The largest absolute Gasteiger partial charge is 0.382 e. The number of H-pyrrole nitrogens is 1. The lowest BCUT2D eigenvalue weighted by atomic mass is 9.90. The first-order valence-corrected chi connectivity index (χ1v) is 9.91. The minimum Gasteiger partial charge on any atom is -0.382 e. The van der Waals surface area contributed by atoms with Gasteiger partial charge < -0.3 is 16.0 Å². The van der Waals surface area contributed by atoms with Crippen LogP contribution in [0.1, 0.15) is 19.8 Å². The highest BCUT2D eigenvalue weighted by atomic mass is 35.5. The third kappa shape index (κ3) is 3.42. The number of nitrogens with two attached hydrogens (primary N) is 1. The molecule has 0 unspecified atom stereocenters. The van der Waals surface area contributed by atoms with Crippen molar-refractivity contribution in [3.8, 4) is 0 Å². The number of aromatic nitrogens is 5. The maximum Gasteiger partial charge on any atom is 0.158 e. The Morgan fingerprint density at radius 2 is 1.96 bits per heavy atom. The van der Waals surface area contributed by atoms with Gasteiger partial charge in [0.05, 0.1) is 9.92 Å². The summed E-state index contributed by atoms with van der Waals surface area (Å²) in [6, 6.07) is 1.83. The Labute approximate surface area is 166 Å². The Morgan fingerprint density at radius 1 is 1.22 bits per heavy atom. The van der Waals surface area contributed by atoms with Crippen LogP contribution in [-0.2, 0) is 0 Å². The van der Waals surface area contributed by atoms with E-state index in [-0.39, 0.29) is 5.54 Å². The van der Waals surface area contributed by atoms with Crippen LogP contribution in [0.5, 0.6) is 0 Å². The summed E-state index contributed by atoms with van der Waals surface area (Å²) in [7, 11) is 2.02. The number of nitrogens with zero attached hydrogens (tertiary/aromatic N) is 5. The van der Waals surface area contributed by atoms with Crippen LogP contribution in [0.3, 0.4) is 0 Å². The summed E-state index contributed by atoms with van der Waals surface area (Å²) in [6.45, 7) is 4.10. The predicted octanol–water partition coefficient (Wildman–Crippen LogP) is 2.71. The molecule has 0 aliphatic carbocycles. The van der Waals surface area contributed by atoms with Gasteiger partial charge in [-0.05, 0) is 32.9 Å². The summed E-state index contributed by atoms with van der Waals surface area (Å²) in [5, 5.41) is 15.3. The molecule has 4 rings (SSSR count). The Balaban J connectivity index is 1.64. The molecule has 1 saturated heterocycles. The van der Waals surface area contributed by atoms with Crippen molar-refractivity contribution in [3.63, 3.8) is 0 Å². The first-order chi connectivity index (χ1) is 13.0. The smallest absolute Gasteiger partial charge is 0.158 e. The van der Waals surface area contributed by atoms with Crippen LogP contribution in [0.4, 0.5) is 11.6 Å². The molecule has 0 radical (unpaired) electrons. The van der Waals surface area contributed by atoms with Gasteiger partial charge in [-0.15, -0.1) is 0 Å². The third-order valence-electron chi connectivity index (χ3n) is 5.17. The lowest BCUT2D eigenvalue weighted by molar-refractivity contribution is 0.304. The Hall–Kier alpha value is -2.10. The number of pyridine rings is 2. The standard InChI is InChI=1S/C17H21ClN8S/c1-17(20-2)4-7-26(8-5-17)16-14-13(23-25-24-14)11(9-22-16)27-10-3-6-21-15(19)12(10)18/h3,6,9,20H,4-5,7-8H2,1-2H3,(H2,19,21)(H,23,24,25). The van der Waals surface area contributed by atoms with Gasteiger partial charge >= 0.3 is 0 Å². The summed E-state index contributed by atoms with van der Waals surface area (Å²) in [6.07, 6.45) is 5.56. The molecule has 1 aliphatic rings. The van der Waals surface area contributed by atoms with E-state index in [2.05, 4.69) is 37.5 Å². The predicted molar refractivity (Wildman–Crippen MR) is 108 cm³/mol. The van der Waals surface area contributed by atoms with Crippen LogP contribution in [0, 0.1) is 0 Å². The Morgan fingerprint density at radius 3 is 2.70 bits per heavy atom. The number of nitrogen functional groups attached to an aromatic ring is 1. The normalized spacial score (nSPS) is 16.8. The second kappa shape index (κ2) is 7.14. The maximum atomic E-state index is 6.27. The zero-order valence-electron chi connectivity index (χ0n) is 15.2. The first-order valence-electron chi connectivity index (χ1n) is 8.72. The van der Waals surface area contributed by atoms with Crippen molar-refractivity contribution in [2.45, 2.75) is 35.1 Å². The van der Waals surface area contributed by atoms with Crippen LogP contribution in [0.2, 0.25) is 5.02 Å². The van der Waals surface area contributed by atoms with Gasteiger partial charge in [0.1, 0.15) is 11.3 Å². The summed E-state index contributed by atoms with van der Waals surface area (Å²) in [4.78, 5) is 12.6. The molecule has 4 heterocycles. The second-order valence-electron chi connectivity index (χ2n) is 6.87. The number of nitrogens with one attached hydrogen (secondary N) is 2. The van der Waals surface area contributed by atoms with Crippen LogP contribution in [-0.4, -0.2) is 51.1 Å². The van der Waals surface area contributed by atoms with E-state index in [1.165, 1.54) is 11.8 Å². The summed E-state index contributed by atoms with van der Waals surface area (Å²) >= 11 is 7.73. The topological polar surface area (TPSA) is 109 Å². The number of piperidine rings is 1. The maximum absolute atomic E-state index is 6.27. The monoisotopic (exact) mass is 404 g/mol. The van der Waals surface area contributed by atoms with Gasteiger partial charge in [-0.2, -0.15) is 15.4 Å². The molecule has 0 amide bonds. The highest BCUT2D eigenvalue weighted by Crippen LogP contribution is 2.39. The number of anilines is 2. The van der Waals surface area contributed by atoms with E-state index in [1.807, 2.05) is 19.3 Å². The second-order valence-corrected chi connectivity index (χ2v) is 8.34. The zero-order valence-corrected chi connectivity index (χ0v) is 16.7. The summed E-state index contributed by atoms with van der Waals surface area (Å²) < 4.78 is 0. The van der Waals surface area contributed by atoms with Gasteiger partial charge in [-0.25, -0.2) is 9.97 Å². The molecule has 1 aliphatic heterocycles. The first kappa shape index (κ1) is 18.3. The van der Waals surface area contributed by atoms with Crippen LogP contribution < -0.4 is 16.0 Å². The van der Waals surface area contributed by atoms with Crippen LogP contribution >= 0.6 is 23.4 Å². The molecule has 8 nitrogen and oxygen atoms in total. The van der Waals surface area contributed by atoms with E-state index in [4.69, 9.17) is 22.3 Å². The summed E-state index contributed by atoms with van der Waals surface area (Å²) in [5.41, 5.74) is 7.52. The molecule has 4 N–H and O–H groups in total. The quantitative estimate of drug-likeness (QED) is 0.609. The highest BCUT2D eigenvalue weighted by molar-refractivity contribution is 7.99. The number of aromatic amines is 1. The Bertz CT molecular complexity index is 967. The van der Waals surface area contributed by atoms with Gasteiger partial charge in [0, 0.05) is 35.9 Å². The number of hydrogen-bond donors (Lipinski definition) is 3. The van der Waals surface area contributed by atoms with E-state index in [0.717, 1.165) is 52.6 Å². The van der Waals surface area contributed by atoms with E-state index in [0.29, 0.717) is 10.8 Å². The number of rotatable bonds is 4. The average molecular weight is 405 g/mol. The lowest BCUT2D eigenvalue weighted by Gasteiger charge is -2.39. The molecule has 0 aromatic carbocycles. The van der Waals surface area contributed by atoms with Gasteiger partial charge in [0.15, 0.2) is 11.3 Å². The summed E-state index contributed by atoms with van der Waals surface area (Å²) in [5.74, 6) is 1.17. The lowest BCUT2D eigenvalue weighted by Crippen LogP contribution is -2.50. The fraction of sp³-hybridized carbons (Fsp3) is 0.412. The molecule has 1 fully saturated rings. The molecule has 0 spiro atoms. The fourth-order valence-corrected chi connectivity index (χ4v) is 4.34. The zero-order chi connectivity index (χ0) is 19.0. The number of fused-ring (bicyclic) bond motifs is 1. The Kier molecular flexibility index (Phi) is 4.83. The molecule has 3 aromatic heterocycles. The van der Waals surface area contributed by atoms with E-state index < -0.39 is 0 Å². The minimum atomic E-state index is 0.174. The van der Waals surface area contributed by atoms with Crippen molar-refractivity contribution in [3.05, 3.63) is 23.5 Å². The number of halogens is 1. The van der Waals surface area contributed by atoms with Crippen molar-refractivity contribution in [1.29, 1.82) is 0 Å².